The average molecular weight is 614 g/mol. The number of carbonyl (C=O) groups is 3. The van der Waals surface area contributed by atoms with Crippen molar-refractivity contribution in [3.8, 4) is 5.75 Å². The lowest BCUT2D eigenvalue weighted by Gasteiger charge is -2.29. The van der Waals surface area contributed by atoms with Crippen molar-refractivity contribution in [2.24, 2.45) is 5.92 Å². The SMILES string of the molecule is COc1ccc(N2C(=O)C3Sc4c(sc(=O)n4CC(=O)Nc4cccc5ccccc45)C(c4cccs4)C3C2=O)cc1. The first kappa shape index (κ1) is 26.7. The van der Waals surface area contributed by atoms with Gasteiger partial charge in [0.1, 0.15) is 17.5 Å². The lowest BCUT2D eigenvalue weighted by Crippen LogP contribution is -2.32. The number of benzene rings is 3. The molecule has 42 heavy (non-hydrogen) atoms. The number of nitrogens with one attached hydrogen (secondary N) is 1. The summed E-state index contributed by atoms with van der Waals surface area (Å²) in [6.07, 6.45) is 0. The fraction of sp³-hybridized carbons (Fsp3) is 0.161. The number of thiophene rings is 1. The predicted octanol–water partition coefficient (Wildman–Crippen LogP) is 5.57. The number of nitrogens with zero attached hydrogens (tertiary/aromatic N) is 2. The van der Waals surface area contributed by atoms with Crippen LogP contribution in [0.3, 0.4) is 0 Å². The van der Waals surface area contributed by atoms with E-state index in [-0.39, 0.29) is 29.1 Å². The Morgan fingerprint density at radius 3 is 2.48 bits per heavy atom. The minimum absolute atomic E-state index is 0.209. The maximum absolute atomic E-state index is 13.9. The molecule has 0 saturated carbocycles. The molecule has 5 aromatic rings. The number of aromatic nitrogens is 1. The standard InChI is InChI=1S/C31H23N3O5S3/c1-39-19-13-11-18(12-14-19)34-28(36)25-24(22-10-5-15-40-22)27-30(41-26(25)29(34)37)33(31(38)42-27)16-23(35)32-21-9-4-7-17-6-2-3-8-20(17)21/h2-15,24-26H,16H2,1H3,(H,32,35). The van der Waals surface area contributed by atoms with Crippen LogP contribution in [0.2, 0.25) is 0 Å². The molecule has 8 nitrogen and oxygen atoms in total. The number of anilines is 2. The highest BCUT2D eigenvalue weighted by molar-refractivity contribution is 8.00. The largest absolute Gasteiger partial charge is 0.497 e. The van der Waals surface area contributed by atoms with Gasteiger partial charge in [-0.1, -0.05) is 65.6 Å². The molecule has 2 aliphatic rings. The van der Waals surface area contributed by atoms with Gasteiger partial charge in [-0.3, -0.25) is 23.7 Å². The Labute approximate surface area is 252 Å². The lowest BCUT2D eigenvalue weighted by atomic mass is 9.87. The zero-order valence-electron chi connectivity index (χ0n) is 22.2. The van der Waals surface area contributed by atoms with Gasteiger partial charge >= 0.3 is 4.87 Å². The van der Waals surface area contributed by atoms with Gasteiger partial charge < -0.3 is 10.1 Å². The van der Waals surface area contributed by atoms with Crippen molar-refractivity contribution in [3.05, 3.63) is 104 Å². The topological polar surface area (TPSA) is 97.7 Å². The maximum atomic E-state index is 13.9. The number of hydrogen-bond donors (Lipinski definition) is 1. The molecular formula is C31H23N3O5S3. The van der Waals surface area contributed by atoms with Crippen LogP contribution >= 0.6 is 34.4 Å². The molecule has 0 bridgehead atoms. The number of rotatable bonds is 6. The van der Waals surface area contributed by atoms with Crippen molar-refractivity contribution < 1.29 is 19.1 Å². The number of methoxy groups -OCH3 is 1. The Bertz CT molecular complexity index is 1910. The van der Waals surface area contributed by atoms with E-state index in [9.17, 15) is 19.2 Å². The van der Waals surface area contributed by atoms with Crippen molar-refractivity contribution in [2.45, 2.75) is 22.7 Å². The summed E-state index contributed by atoms with van der Waals surface area (Å²) in [7, 11) is 1.55. The van der Waals surface area contributed by atoms with Gasteiger partial charge in [0.2, 0.25) is 17.7 Å². The van der Waals surface area contributed by atoms with E-state index in [0.29, 0.717) is 27.0 Å². The molecule has 3 amide bonds. The van der Waals surface area contributed by atoms with Crippen LogP contribution in [0.15, 0.2) is 94.1 Å². The van der Waals surface area contributed by atoms with Crippen LogP contribution in [-0.2, 0) is 20.9 Å². The second kappa shape index (κ2) is 10.6. The molecule has 0 spiro atoms. The van der Waals surface area contributed by atoms with E-state index in [1.165, 1.54) is 32.6 Å². The number of thioether (sulfide) groups is 1. The first-order valence-corrected chi connectivity index (χ1v) is 15.7. The summed E-state index contributed by atoms with van der Waals surface area (Å²) < 4.78 is 6.68. The highest BCUT2D eigenvalue weighted by atomic mass is 32.2. The summed E-state index contributed by atoms with van der Waals surface area (Å²) in [5.41, 5.74) is 1.13. The molecule has 210 valence electrons. The van der Waals surface area contributed by atoms with E-state index in [2.05, 4.69) is 5.32 Å². The first-order valence-electron chi connectivity index (χ1n) is 13.2. The van der Waals surface area contributed by atoms with Crippen LogP contribution in [0.1, 0.15) is 15.7 Å². The third-order valence-corrected chi connectivity index (χ3v) is 11.2. The number of fused-ring (bicyclic) bond motifs is 3. The summed E-state index contributed by atoms with van der Waals surface area (Å²) in [6.45, 7) is -0.209. The van der Waals surface area contributed by atoms with Gasteiger partial charge in [-0.15, -0.1) is 11.3 Å². The quantitative estimate of drug-likeness (QED) is 0.252. The number of imide groups is 1. The van der Waals surface area contributed by atoms with Gasteiger partial charge in [0.15, 0.2) is 0 Å². The van der Waals surface area contributed by atoms with Crippen molar-refractivity contribution in [2.75, 3.05) is 17.3 Å². The molecule has 11 heteroatoms. The average Bonchev–Trinajstić information content (AvgIpc) is 3.70. The van der Waals surface area contributed by atoms with E-state index in [4.69, 9.17) is 4.74 Å². The highest BCUT2D eigenvalue weighted by Gasteiger charge is 2.57. The molecule has 1 saturated heterocycles. The van der Waals surface area contributed by atoms with Gasteiger partial charge in [-0.2, -0.15) is 0 Å². The zero-order valence-corrected chi connectivity index (χ0v) is 24.6. The fourth-order valence-corrected chi connectivity index (χ4v) is 9.40. The van der Waals surface area contributed by atoms with Crippen LogP contribution in [-0.4, -0.2) is 34.6 Å². The first-order chi connectivity index (χ1) is 20.4. The normalized spacial score (nSPS) is 19.5. The van der Waals surface area contributed by atoms with Crippen LogP contribution in [0.25, 0.3) is 10.8 Å². The molecule has 1 fully saturated rings. The summed E-state index contributed by atoms with van der Waals surface area (Å²) >= 11 is 3.74. The van der Waals surface area contributed by atoms with Gasteiger partial charge in [-0.05, 0) is 47.2 Å². The smallest absolute Gasteiger partial charge is 0.308 e. The van der Waals surface area contributed by atoms with Crippen LogP contribution in [0.4, 0.5) is 11.4 Å². The van der Waals surface area contributed by atoms with Crippen molar-refractivity contribution in [1.82, 2.24) is 4.57 Å². The van der Waals surface area contributed by atoms with Crippen LogP contribution < -0.4 is 19.8 Å². The summed E-state index contributed by atoms with van der Waals surface area (Å²) in [5.74, 6) is -1.50. The molecule has 7 rings (SSSR count). The Balaban J connectivity index is 1.24. The predicted molar refractivity (Wildman–Crippen MR) is 166 cm³/mol. The summed E-state index contributed by atoms with van der Waals surface area (Å²) in [5, 5.41) is 6.60. The Morgan fingerprint density at radius 2 is 1.71 bits per heavy atom. The number of amides is 3. The molecule has 0 aliphatic carbocycles. The molecule has 0 radical (unpaired) electrons. The lowest BCUT2D eigenvalue weighted by molar-refractivity contribution is -0.122. The zero-order chi connectivity index (χ0) is 29.0. The number of thiazole rings is 1. The van der Waals surface area contributed by atoms with Gasteiger partial charge in [0.05, 0.1) is 23.7 Å². The third-order valence-electron chi connectivity index (χ3n) is 7.60. The minimum atomic E-state index is -0.736. The molecular weight excluding hydrogens is 591 g/mol. The molecule has 2 aromatic heterocycles. The molecule has 2 aliphatic heterocycles. The number of carbonyl (C=O) groups excluding carboxylic acids is 3. The van der Waals surface area contributed by atoms with E-state index in [1.807, 2.05) is 60.0 Å². The maximum Gasteiger partial charge on any atom is 0.308 e. The highest BCUT2D eigenvalue weighted by Crippen LogP contribution is 2.54. The van der Waals surface area contributed by atoms with Crippen molar-refractivity contribution in [1.29, 1.82) is 0 Å². The minimum Gasteiger partial charge on any atom is -0.497 e. The van der Waals surface area contributed by atoms with Crippen LogP contribution in [0, 0.1) is 5.92 Å². The molecule has 3 atom stereocenters. The monoisotopic (exact) mass is 613 g/mol. The second-order valence-corrected chi connectivity index (χ2v) is 13.1. The molecule has 3 unspecified atom stereocenters. The van der Waals surface area contributed by atoms with E-state index in [0.717, 1.165) is 27.0 Å². The summed E-state index contributed by atoms with van der Waals surface area (Å²) in [6, 6.07) is 24.1. The molecule has 3 aromatic carbocycles. The van der Waals surface area contributed by atoms with E-state index >= 15 is 0 Å². The van der Waals surface area contributed by atoms with E-state index < -0.39 is 17.1 Å². The molecule has 4 heterocycles. The van der Waals surface area contributed by atoms with Crippen molar-refractivity contribution in [3.63, 3.8) is 0 Å². The third kappa shape index (κ3) is 4.36. The van der Waals surface area contributed by atoms with Crippen LogP contribution in [0.5, 0.6) is 5.75 Å². The van der Waals surface area contributed by atoms with Gasteiger partial charge in [0.25, 0.3) is 0 Å². The second-order valence-electron chi connectivity index (χ2n) is 9.97. The number of hydrogen-bond acceptors (Lipinski definition) is 8. The van der Waals surface area contributed by atoms with Gasteiger partial charge in [0, 0.05) is 26.7 Å². The molecule has 1 N–H and O–H groups in total. The van der Waals surface area contributed by atoms with Gasteiger partial charge in [-0.25, -0.2) is 4.90 Å². The van der Waals surface area contributed by atoms with Crippen molar-refractivity contribution >= 4 is 74.3 Å². The Hall–Kier alpha value is -4.19. The summed E-state index contributed by atoms with van der Waals surface area (Å²) in [4.78, 5) is 57.0. The Kier molecular flexibility index (Phi) is 6.72. The number of ether oxygens (including phenoxy) is 1. The fourth-order valence-electron chi connectivity index (χ4n) is 5.68. The Morgan fingerprint density at radius 1 is 0.929 bits per heavy atom. The van der Waals surface area contributed by atoms with E-state index in [1.54, 1.807) is 31.4 Å².